The van der Waals surface area contributed by atoms with E-state index in [1.54, 1.807) is 67.8 Å². The summed E-state index contributed by atoms with van der Waals surface area (Å²) in [5.41, 5.74) is 3.29. The van der Waals surface area contributed by atoms with Crippen LogP contribution in [0.25, 0.3) is 5.76 Å². The maximum absolute atomic E-state index is 13.2. The third kappa shape index (κ3) is 5.04. The fourth-order valence-electron chi connectivity index (χ4n) is 4.58. The van der Waals surface area contributed by atoms with Gasteiger partial charge in [0.1, 0.15) is 29.6 Å². The van der Waals surface area contributed by atoms with Crippen LogP contribution in [0.2, 0.25) is 0 Å². The van der Waals surface area contributed by atoms with Gasteiger partial charge in [-0.1, -0.05) is 42.0 Å². The Kier molecular flexibility index (Phi) is 7.00. The molecule has 3 aromatic carbocycles. The molecule has 192 valence electrons. The van der Waals surface area contributed by atoms with Gasteiger partial charge in [0.05, 0.1) is 31.5 Å². The van der Waals surface area contributed by atoms with Crippen LogP contribution in [0.1, 0.15) is 34.1 Å². The molecule has 38 heavy (non-hydrogen) atoms. The summed E-state index contributed by atoms with van der Waals surface area (Å²) in [7, 11) is 1.56. The summed E-state index contributed by atoms with van der Waals surface area (Å²) < 4.78 is 16.6. The van der Waals surface area contributed by atoms with Gasteiger partial charge in [-0.2, -0.15) is 0 Å². The standard InChI is InChI=1S/C31H27NO6/c1-20-5-3-6-21(17-20)19-38-25-14-10-23(11-15-25)29(33)27-28(22-8-12-24(36-2)13-9-22)32(31(35)30(27)34)18-26-7-4-16-37-26/h3-17,28,33H,18-19H2,1-2H3/b29-27-. The van der Waals surface area contributed by atoms with Crippen molar-refractivity contribution in [1.29, 1.82) is 0 Å². The first-order chi connectivity index (χ1) is 18.4. The molecule has 1 aromatic heterocycles. The number of carbonyl (C=O) groups is 2. The molecule has 5 rings (SSSR count). The second-order valence-electron chi connectivity index (χ2n) is 9.08. The summed E-state index contributed by atoms with van der Waals surface area (Å²) in [5.74, 6) is 0.0689. The van der Waals surface area contributed by atoms with Crippen LogP contribution >= 0.6 is 0 Å². The molecule has 2 heterocycles. The number of aliphatic hydroxyl groups is 1. The number of aryl methyl sites for hydroxylation is 1. The topological polar surface area (TPSA) is 89.2 Å². The van der Waals surface area contributed by atoms with E-state index in [-0.39, 0.29) is 17.9 Å². The molecule has 0 bridgehead atoms. The third-order valence-electron chi connectivity index (χ3n) is 6.49. The van der Waals surface area contributed by atoms with Crippen LogP contribution in [-0.4, -0.2) is 28.8 Å². The predicted molar refractivity (Wildman–Crippen MR) is 142 cm³/mol. The zero-order valence-corrected chi connectivity index (χ0v) is 21.1. The van der Waals surface area contributed by atoms with Gasteiger partial charge < -0.3 is 23.9 Å². The van der Waals surface area contributed by atoms with Crippen molar-refractivity contribution < 1.29 is 28.6 Å². The maximum Gasteiger partial charge on any atom is 0.296 e. The van der Waals surface area contributed by atoms with Gasteiger partial charge >= 0.3 is 0 Å². The molecule has 1 N–H and O–H groups in total. The van der Waals surface area contributed by atoms with Gasteiger partial charge in [-0.3, -0.25) is 9.59 Å². The fraction of sp³-hybridized carbons (Fsp3) is 0.161. The van der Waals surface area contributed by atoms with E-state index < -0.39 is 17.7 Å². The molecule has 0 aliphatic carbocycles. The van der Waals surface area contributed by atoms with Crippen LogP contribution in [-0.2, 0) is 22.7 Å². The summed E-state index contributed by atoms with van der Waals surface area (Å²) in [6.07, 6.45) is 1.51. The van der Waals surface area contributed by atoms with E-state index in [0.29, 0.717) is 35.0 Å². The molecule has 0 radical (unpaired) electrons. The van der Waals surface area contributed by atoms with Crippen LogP contribution in [0.3, 0.4) is 0 Å². The number of furan rings is 1. The summed E-state index contributed by atoms with van der Waals surface area (Å²) in [6, 6.07) is 24.6. The monoisotopic (exact) mass is 509 g/mol. The minimum Gasteiger partial charge on any atom is -0.507 e. The number of nitrogens with zero attached hydrogens (tertiary/aromatic N) is 1. The first-order valence-corrected chi connectivity index (χ1v) is 12.2. The molecule has 1 aliphatic heterocycles. The number of ketones is 1. The molecular formula is C31H27NO6. The highest BCUT2D eigenvalue weighted by atomic mass is 16.5. The quantitative estimate of drug-likeness (QED) is 0.184. The van der Waals surface area contributed by atoms with Crippen molar-refractivity contribution in [1.82, 2.24) is 4.90 Å². The van der Waals surface area contributed by atoms with E-state index in [9.17, 15) is 14.7 Å². The van der Waals surface area contributed by atoms with Crippen molar-refractivity contribution in [2.75, 3.05) is 7.11 Å². The van der Waals surface area contributed by atoms with Crippen LogP contribution in [0.4, 0.5) is 0 Å². The Balaban J connectivity index is 1.46. The lowest BCUT2D eigenvalue weighted by molar-refractivity contribution is -0.140. The predicted octanol–water partition coefficient (Wildman–Crippen LogP) is 5.80. The lowest BCUT2D eigenvalue weighted by Crippen LogP contribution is -2.29. The van der Waals surface area contributed by atoms with Crippen molar-refractivity contribution in [3.05, 3.63) is 125 Å². The average molecular weight is 510 g/mol. The van der Waals surface area contributed by atoms with Crippen LogP contribution in [0.5, 0.6) is 11.5 Å². The molecule has 4 aromatic rings. The second-order valence-corrected chi connectivity index (χ2v) is 9.08. The molecule has 1 aliphatic rings. The lowest BCUT2D eigenvalue weighted by Gasteiger charge is -2.24. The summed E-state index contributed by atoms with van der Waals surface area (Å²) in [4.78, 5) is 27.8. The van der Waals surface area contributed by atoms with E-state index in [4.69, 9.17) is 13.9 Å². The first kappa shape index (κ1) is 24.9. The number of methoxy groups -OCH3 is 1. The van der Waals surface area contributed by atoms with Gasteiger partial charge in [0.15, 0.2) is 0 Å². The van der Waals surface area contributed by atoms with Crippen molar-refractivity contribution in [3.63, 3.8) is 0 Å². The number of likely N-dealkylation sites (tertiary alicyclic amines) is 1. The minimum atomic E-state index is -0.803. The molecule has 1 amide bonds. The zero-order chi connectivity index (χ0) is 26.6. The number of benzene rings is 3. The van der Waals surface area contributed by atoms with Crippen molar-refractivity contribution in [2.24, 2.45) is 0 Å². The van der Waals surface area contributed by atoms with Gasteiger partial charge in [0.25, 0.3) is 11.7 Å². The highest BCUT2D eigenvalue weighted by Crippen LogP contribution is 2.40. The lowest BCUT2D eigenvalue weighted by atomic mass is 9.95. The third-order valence-corrected chi connectivity index (χ3v) is 6.49. The molecule has 1 atom stereocenters. The van der Waals surface area contributed by atoms with E-state index in [2.05, 4.69) is 6.07 Å². The molecule has 7 heteroatoms. The Labute approximate surface area is 220 Å². The Morgan fingerprint density at radius 2 is 1.68 bits per heavy atom. The molecule has 1 saturated heterocycles. The number of rotatable bonds is 8. The highest BCUT2D eigenvalue weighted by Gasteiger charge is 2.46. The zero-order valence-electron chi connectivity index (χ0n) is 21.1. The molecule has 0 saturated carbocycles. The van der Waals surface area contributed by atoms with Gasteiger partial charge in [0.2, 0.25) is 0 Å². The van der Waals surface area contributed by atoms with Crippen molar-refractivity contribution in [3.8, 4) is 11.5 Å². The molecule has 1 unspecified atom stereocenters. The first-order valence-electron chi connectivity index (χ1n) is 12.2. The Bertz CT molecular complexity index is 1470. The average Bonchev–Trinajstić information content (AvgIpc) is 3.54. The largest absolute Gasteiger partial charge is 0.507 e. The van der Waals surface area contributed by atoms with Crippen LogP contribution in [0, 0.1) is 6.92 Å². The Hall–Kier alpha value is -4.78. The van der Waals surface area contributed by atoms with Gasteiger partial charge in [-0.05, 0) is 66.6 Å². The molecule has 0 spiro atoms. The maximum atomic E-state index is 13.2. The van der Waals surface area contributed by atoms with Gasteiger partial charge in [-0.25, -0.2) is 0 Å². The van der Waals surface area contributed by atoms with Crippen molar-refractivity contribution in [2.45, 2.75) is 26.1 Å². The number of ether oxygens (including phenoxy) is 2. The Morgan fingerprint density at radius 3 is 2.34 bits per heavy atom. The van der Waals surface area contributed by atoms with E-state index in [0.717, 1.165) is 11.1 Å². The molecule has 1 fully saturated rings. The van der Waals surface area contributed by atoms with Crippen LogP contribution < -0.4 is 9.47 Å². The summed E-state index contributed by atoms with van der Waals surface area (Å²) >= 11 is 0. The van der Waals surface area contributed by atoms with Crippen molar-refractivity contribution >= 4 is 17.4 Å². The number of carbonyl (C=O) groups excluding carboxylic acids is 2. The number of hydrogen-bond donors (Lipinski definition) is 1. The highest BCUT2D eigenvalue weighted by molar-refractivity contribution is 6.46. The molecule has 7 nitrogen and oxygen atoms in total. The summed E-state index contributed by atoms with van der Waals surface area (Å²) in [5, 5.41) is 11.3. The van der Waals surface area contributed by atoms with Crippen LogP contribution in [0.15, 0.2) is 101 Å². The number of amides is 1. The second kappa shape index (κ2) is 10.7. The smallest absolute Gasteiger partial charge is 0.296 e. The minimum absolute atomic E-state index is 0.0140. The SMILES string of the molecule is COc1ccc(C2/C(=C(/O)c3ccc(OCc4cccc(C)c4)cc3)C(=O)C(=O)N2Cc2ccco2)cc1. The van der Waals surface area contributed by atoms with E-state index in [1.807, 2.05) is 25.1 Å². The molecular weight excluding hydrogens is 482 g/mol. The van der Waals surface area contributed by atoms with Gasteiger partial charge in [-0.15, -0.1) is 0 Å². The van der Waals surface area contributed by atoms with E-state index >= 15 is 0 Å². The van der Waals surface area contributed by atoms with E-state index in [1.165, 1.54) is 11.2 Å². The van der Waals surface area contributed by atoms with Gasteiger partial charge in [0, 0.05) is 5.56 Å². The fourth-order valence-corrected chi connectivity index (χ4v) is 4.58. The number of aliphatic hydroxyl groups excluding tert-OH is 1. The normalized spacial score (nSPS) is 16.6. The number of hydrogen-bond acceptors (Lipinski definition) is 6. The number of Topliss-reactive ketones (excluding diaryl/α,β-unsaturated/α-hetero) is 1. The summed E-state index contributed by atoms with van der Waals surface area (Å²) in [6.45, 7) is 2.51. The Morgan fingerprint density at radius 1 is 0.947 bits per heavy atom.